The van der Waals surface area contributed by atoms with Crippen LogP contribution in [-0.4, -0.2) is 114 Å². The Morgan fingerprint density at radius 1 is 0.201 bits per heavy atom. The van der Waals surface area contributed by atoms with Gasteiger partial charge >= 0.3 is 35.8 Å². The van der Waals surface area contributed by atoms with Gasteiger partial charge in [0.25, 0.3) is 0 Å². The molecule has 0 saturated heterocycles. The smallest absolute Gasteiger partial charge is 0.331 e. The molecule has 0 fully saturated rings. The fourth-order valence-corrected chi connectivity index (χ4v) is 19.9. The SMILES string of the molecule is CCCCCCCCCCCCCCCCCCc1ccc(OCCOC(=O)/C=C\C(=O)OC)c(Cc2cc(CCCCCCCCCCCCCCCCCC)cc(Cc3cc(CCCCCCCCCCCCCCCCCC)cc(Cc4cc(CCCCCCCCCCCCCCCCCC)cc(CC)c4OCCOC(=O)/C=C\C(=O)CC)c3OCCOC(=O)/C=C\C(=O)OC)c2OCCOC(=O)/C=C\C(=O)CC)c1. The first kappa shape index (κ1) is 132. The van der Waals surface area contributed by atoms with Crippen molar-refractivity contribution in [2.24, 2.45) is 0 Å². The molecule has 0 unspecified atom stereocenters. The number of hydrogen-bond donors (Lipinski definition) is 0. The van der Waals surface area contributed by atoms with Crippen LogP contribution in [0, 0.1) is 0 Å². The number of carbonyl (C=O) groups excluding carboxylic acids is 8. The van der Waals surface area contributed by atoms with E-state index in [4.69, 9.17) is 47.4 Å². The van der Waals surface area contributed by atoms with Crippen molar-refractivity contribution in [3.05, 3.63) is 164 Å². The van der Waals surface area contributed by atoms with E-state index in [-0.39, 0.29) is 77.3 Å². The Morgan fingerprint density at radius 3 is 0.631 bits per heavy atom. The normalized spacial score (nSPS) is 11.6. The molecule has 18 nitrogen and oxygen atoms in total. The lowest BCUT2D eigenvalue weighted by Gasteiger charge is -2.23. The molecule has 18 heteroatoms. The highest BCUT2D eigenvalue weighted by molar-refractivity contribution is 5.96. The van der Waals surface area contributed by atoms with Gasteiger partial charge in [-0.25, -0.2) is 28.8 Å². The largest absolute Gasteiger partial charge is 0.490 e. The molecule has 0 spiro atoms. The molecule has 4 rings (SSSR count). The van der Waals surface area contributed by atoms with E-state index in [9.17, 15) is 38.4 Å². The summed E-state index contributed by atoms with van der Waals surface area (Å²) in [7, 11) is 2.50. The highest BCUT2D eigenvalue weighted by Gasteiger charge is 2.25. The number of methoxy groups -OCH3 is 2. The van der Waals surface area contributed by atoms with E-state index >= 15 is 0 Å². The summed E-state index contributed by atoms with van der Waals surface area (Å²) >= 11 is 0. The first-order chi connectivity index (χ1) is 73.0. The Labute approximate surface area is 905 Å². The lowest BCUT2D eigenvalue weighted by Crippen LogP contribution is -2.15. The summed E-state index contributed by atoms with van der Waals surface area (Å²) in [5.74, 6) is -2.01. The van der Waals surface area contributed by atoms with E-state index < -0.39 is 35.8 Å². The van der Waals surface area contributed by atoms with E-state index in [1.54, 1.807) is 13.8 Å². The first-order valence-electron chi connectivity index (χ1n) is 60.7. The Kier molecular flexibility index (Phi) is 82.6. The van der Waals surface area contributed by atoms with Gasteiger partial charge in [0, 0.05) is 68.6 Å². The number of allylic oxidation sites excluding steroid dienone is 2. The lowest BCUT2D eigenvalue weighted by molar-refractivity contribution is -0.140. The minimum absolute atomic E-state index is 0.0127. The average Bonchev–Trinajstić information content (AvgIpc) is 0.782. The molecule has 4 aromatic carbocycles. The summed E-state index contributed by atoms with van der Waals surface area (Å²) in [6.45, 7) is 14.2. The second kappa shape index (κ2) is 92.9. The van der Waals surface area contributed by atoms with Gasteiger partial charge in [0.15, 0.2) is 11.6 Å². The molecule has 0 aromatic heterocycles. The molecule has 0 amide bonds. The minimum Gasteiger partial charge on any atom is -0.490 e. The van der Waals surface area contributed by atoms with Crippen LogP contribution in [0.15, 0.2) is 103 Å². The standard InChI is InChI=1S/C131H208O18/c1-10-17-21-25-29-33-37-41-45-49-53-57-61-65-69-73-77-109-81-84-122(142-91-92-143-127(138)89-87-123(134)140-8)114(99-109)106-115-102-111(79-75-71-67-63-59-55-51-47-43-39-35-31-27-23-19-12-3)103-118(130(115)148-97-94-145-126(137)86-83-121(133)16-7)108-119-105-112(80-76-72-68-64-60-56-52-48-44-40-36-32-28-24-20-13-4)104-117(131(119)149-98-95-146-128(139)90-88-124(135)141-9)107-116-101-110(78-74-70-66-62-58-54-50-46-42-38-34-30-26-22-18-11-2)100-113(14-5)129(116)147-96-93-144-125(136)85-82-120(132)15-6/h81-90,99-105H,10-80,91-98,106-108H2,1-9H3/b85-82-,86-83-,89-87-,90-88-. The van der Waals surface area contributed by atoms with E-state index in [0.29, 0.717) is 48.7 Å². The van der Waals surface area contributed by atoms with Gasteiger partial charge in [-0.2, -0.15) is 0 Å². The van der Waals surface area contributed by atoms with Crippen LogP contribution >= 0.6 is 0 Å². The monoisotopic (exact) mass is 2070 g/mol. The van der Waals surface area contributed by atoms with Crippen LogP contribution in [0.1, 0.15) is 533 Å². The van der Waals surface area contributed by atoms with Crippen molar-refractivity contribution in [1.29, 1.82) is 0 Å². The third-order valence-electron chi connectivity index (χ3n) is 28.8. The van der Waals surface area contributed by atoms with Crippen molar-refractivity contribution in [2.45, 2.75) is 524 Å². The maximum Gasteiger partial charge on any atom is 0.331 e. The quantitative estimate of drug-likeness (QED) is 0.0173. The third-order valence-corrected chi connectivity index (χ3v) is 28.8. The van der Waals surface area contributed by atoms with Crippen molar-refractivity contribution in [2.75, 3.05) is 67.1 Å². The molecule has 840 valence electrons. The molecule has 0 saturated carbocycles. The highest BCUT2D eigenvalue weighted by Crippen LogP contribution is 2.41. The van der Waals surface area contributed by atoms with E-state index in [2.05, 4.69) is 83.1 Å². The number of rotatable bonds is 101. The van der Waals surface area contributed by atoms with Crippen LogP contribution < -0.4 is 18.9 Å². The summed E-state index contributed by atoms with van der Waals surface area (Å²) in [6.07, 6.45) is 95.4. The molecular formula is C131H208O18. The van der Waals surface area contributed by atoms with Gasteiger partial charge in [0.05, 0.1) is 14.2 Å². The maximum atomic E-state index is 13.5. The maximum absolute atomic E-state index is 13.5. The summed E-state index contributed by atoms with van der Waals surface area (Å²) in [4.78, 5) is 102. The second-order valence-electron chi connectivity index (χ2n) is 41.9. The Morgan fingerprint density at radius 2 is 0.396 bits per heavy atom. The van der Waals surface area contributed by atoms with E-state index in [1.807, 2.05) is 6.07 Å². The number of ether oxygens (including phenoxy) is 10. The number of ketones is 2. The van der Waals surface area contributed by atoms with Gasteiger partial charge in [-0.1, -0.05) is 482 Å². The van der Waals surface area contributed by atoms with Gasteiger partial charge in [0.1, 0.15) is 75.9 Å². The first-order valence-corrected chi connectivity index (χ1v) is 60.7. The Balaban J connectivity index is 2.04. The van der Waals surface area contributed by atoms with Crippen LogP contribution in [0.5, 0.6) is 23.0 Å². The topological polar surface area (TPSA) is 229 Å². The number of esters is 6. The van der Waals surface area contributed by atoms with Crippen LogP contribution in [-0.2, 0) is 118 Å². The van der Waals surface area contributed by atoms with Gasteiger partial charge in [-0.3, -0.25) is 9.59 Å². The zero-order chi connectivity index (χ0) is 107. The highest BCUT2D eigenvalue weighted by atomic mass is 16.6. The van der Waals surface area contributed by atoms with Crippen molar-refractivity contribution >= 4 is 47.4 Å². The molecule has 0 bridgehead atoms. The predicted octanol–water partition coefficient (Wildman–Crippen LogP) is 34.5. The number of carbonyl (C=O) groups is 8. The molecule has 0 aliphatic heterocycles. The molecule has 0 heterocycles. The molecule has 0 aliphatic carbocycles. The zero-order valence-electron chi connectivity index (χ0n) is 95.6. The summed E-state index contributed by atoms with van der Waals surface area (Å²) < 4.78 is 60.8. The number of hydrogen-bond acceptors (Lipinski definition) is 18. The molecule has 0 radical (unpaired) electrons. The molecule has 4 aromatic rings. The predicted molar refractivity (Wildman–Crippen MR) is 614 cm³/mol. The fraction of sp³-hybridized carbons (Fsp3) is 0.695. The van der Waals surface area contributed by atoms with Crippen molar-refractivity contribution in [3.8, 4) is 23.0 Å². The zero-order valence-corrected chi connectivity index (χ0v) is 95.6. The average molecular weight is 2070 g/mol. The van der Waals surface area contributed by atoms with Crippen molar-refractivity contribution in [3.63, 3.8) is 0 Å². The molecule has 0 aliphatic rings. The van der Waals surface area contributed by atoms with E-state index in [0.717, 1.165) is 170 Å². The number of aryl methyl sites for hydroxylation is 5. The Hall–Kier alpha value is -8.80. The van der Waals surface area contributed by atoms with Crippen LogP contribution in [0.3, 0.4) is 0 Å². The van der Waals surface area contributed by atoms with Gasteiger partial charge in [-0.05, 0) is 137 Å². The lowest BCUT2D eigenvalue weighted by atomic mass is 9.89. The second-order valence-corrected chi connectivity index (χ2v) is 41.9. The molecule has 0 atom stereocenters. The van der Waals surface area contributed by atoms with Gasteiger partial charge in [-0.15, -0.1) is 0 Å². The van der Waals surface area contributed by atoms with Crippen molar-refractivity contribution < 1.29 is 85.7 Å². The van der Waals surface area contributed by atoms with Gasteiger partial charge < -0.3 is 47.4 Å². The van der Waals surface area contributed by atoms with Crippen molar-refractivity contribution in [1.82, 2.24) is 0 Å². The van der Waals surface area contributed by atoms with E-state index in [1.165, 1.54) is 391 Å². The summed E-state index contributed by atoms with van der Waals surface area (Å²) in [5, 5.41) is 0. The minimum atomic E-state index is -0.737. The summed E-state index contributed by atoms with van der Waals surface area (Å²) in [5.41, 5.74) is 10.9. The van der Waals surface area contributed by atoms with Crippen LogP contribution in [0.25, 0.3) is 0 Å². The third kappa shape index (κ3) is 69.5. The Bertz CT molecular complexity index is 4280. The summed E-state index contributed by atoms with van der Waals surface area (Å²) in [6, 6.07) is 20.1. The van der Waals surface area contributed by atoms with Gasteiger partial charge in [0.2, 0.25) is 0 Å². The van der Waals surface area contributed by atoms with Crippen LogP contribution in [0.4, 0.5) is 0 Å². The molecular weight excluding hydrogens is 1860 g/mol. The van der Waals surface area contributed by atoms with Crippen LogP contribution in [0.2, 0.25) is 0 Å². The number of benzene rings is 4. The molecule has 0 N–H and O–H groups in total. The fourth-order valence-electron chi connectivity index (χ4n) is 19.9. The number of unbranched alkanes of at least 4 members (excludes halogenated alkanes) is 60. The molecule has 149 heavy (non-hydrogen) atoms.